The maximum Gasteiger partial charge on any atom is 0.410 e. The molecule has 1 aromatic heterocycles. The van der Waals surface area contributed by atoms with Crippen molar-refractivity contribution in [2.75, 3.05) is 6.54 Å². The summed E-state index contributed by atoms with van der Waals surface area (Å²) in [6.45, 7) is 13.3. The molecular weight excluding hydrogens is 404 g/mol. The summed E-state index contributed by atoms with van der Waals surface area (Å²) >= 11 is 1.69. The summed E-state index contributed by atoms with van der Waals surface area (Å²) in [5.74, 6) is 0. The molecule has 0 unspecified atom stereocenters. The van der Waals surface area contributed by atoms with E-state index < -0.39 is 5.60 Å². The van der Waals surface area contributed by atoms with Gasteiger partial charge in [-0.2, -0.15) is 0 Å². The zero-order valence-corrected chi connectivity index (χ0v) is 20.0. The van der Waals surface area contributed by atoms with Crippen molar-refractivity contribution in [3.05, 3.63) is 64.7 Å². The molecule has 0 spiro atoms. The van der Waals surface area contributed by atoms with Crippen LogP contribution in [0.1, 0.15) is 50.8 Å². The van der Waals surface area contributed by atoms with Gasteiger partial charge in [0, 0.05) is 22.4 Å². The number of fused-ring (bicyclic) bond motifs is 1. The largest absolute Gasteiger partial charge is 0.444 e. The van der Waals surface area contributed by atoms with Crippen molar-refractivity contribution in [2.45, 2.75) is 59.1 Å². The van der Waals surface area contributed by atoms with Crippen LogP contribution in [-0.2, 0) is 16.7 Å². The van der Waals surface area contributed by atoms with Crippen LogP contribution < -0.4 is 0 Å². The number of ether oxygens (including phenoxy) is 1. The third-order valence-corrected chi connectivity index (χ3v) is 6.63. The molecule has 2 heterocycles. The lowest BCUT2D eigenvalue weighted by Crippen LogP contribution is -2.46. The Hall–Kier alpha value is -2.66. The fourth-order valence-electron chi connectivity index (χ4n) is 4.14. The Morgan fingerprint density at radius 1 is 1.06 bits per heavy atom. The lowest BCUT2D eigenvalue weighted by molar-refractivity contribution is 0.0175. The number of aromatic nitrogens is 1. The van der Waals surface area contributed by atoms with E-state index in [1.54, 1.807) is 11.3 Å². The molecule has 0 atom stereocenters. The van der Waals surface area contributed by atoms with E-state index in [0.29, 0.717) is 13.1 Å². The van der Waals surface area contributed by atoms with Crippen molar-refractivity contribution < 1.29 is 9.53 Å². The molecule has 0 fully saturated rings. The molecule has 0 radical (unpaired) electrons. The van der Waals surface area contributed by atoms with E-state index in [1.807, 2.05) is 31.7 Å². The predicted octanol–water partition coefficient (Wildman–Crippen LogP) is 6.81. The standard InChI is InChI=1S/C26H30N2O2S/c1-17-19(18-11-8-7-9-12-18)13-10-14-20(17)23-27-22-21(31-23)15-28(16-26(22,5)6)24(29)30-25(2,3)4/h7-14H,15-16H2,1-6H3. The minimum atomic E-state index is -0.505. The number of thiazole rings is 1. The van der Waals surface area contributed by atoms with Crippen LogP contribution in [0.5, 0.6) is 0 Å². The molecule has 1 aliphatic heterocycles. The molecule has 4 nitrogen and oxygen atoms in total. The first-order valence-corrected chi connectivity index (χ1v) is 11.5. The van der Waals surface area contributed by atoms with Crippen LogP contribution in [0.2, 0.25) is 0 Å². The Bertz CT molecular complexity index is 1110. The van der Waals surface area contributed by atoms with Gasteiger partial charge in [0.1, 0.15) is 10.6 Å². The van der Waals surface area contributed by atoms with E-state index >= 15 is 0 Å². The Morgan fingerprint density at radius 3 is 2.42 bits per heavy atom. The quantitative estimate of drug-likeness (QED) is 0.445. The van der Waals surface area contributed by atoms with Crippen LogP contribution in [0.15, 0.2) is 48.5 Å². The monoisotopic (exact) mass is 434 g/mol. The molecular formula is C26H30N2O2S. The van der Waals surface area contributed by atoms with E-state index in [-0.39, 0.29) is 11.5 Å². The van der Waals surface area contributed by atoms with Gasteiger partial charge in [-0.3, -0.25) is 0 Å². The molecule has 0 bridgehead atoms. The lowest BCUT2D eigenvalue weighted by Gasteiger charge is -2.37. The zero-order valence-electron chi connectivity index (χ0n) is 19.2. The second-order valence-electron chi connectivity index (χ2n) is 9.86. The SMILES string of the molecule is Cc1c(-c2ccccc2)cccc1-c1nc2c(s1)CN(C(=O)OC(C)(C)C)CC2(C)C. The molecule has 0 saturated carbocycles. The third-order valence-electron chi connectivity index (χ3n) is 5.56. The summed E-state index contributed by atoms with van der Waals surface area (Å²) in [6, 6.07) is 16.9. The summed E-state index contributed by atoms with van der Waals surface area (Å²) in [6.07, 6.45) is -0.261. The number of amides is 1. The maximum absolute atomic E-state index is 12.7. The van der Waals surface area contributed by atoms with Crippen LogP contribution in [0.3, 0.4) is 0 Å². The smallest absolute Gasteiger partial charge is 0.410 e. The number of hydrogen-bond acceptors (Lipinski definition) is 4. The highest BCUT2D eigenvalue weighted by Gasteiger charge is 2.38. The summed E-state index contributed by atoms with van der Waals surface area (Å²) < 4.78 is 5.63. The molecule has 2 aromatic carbocycles. The molecule has 3 aromatic rings. The summed E-state index contributed by atoms with van der Waals surface area (Å²) in [4.78, 5) is 20.8. The van der Waals surface area contributed by atoms with Gasteiger partial charge in [0.2, 0.25) is 0 Å². The number of carbonyl (C=O) groups excluding carboxylic acids is 1. The topological polar surface area (TPSA) is 42.4 Å². The zero-order chi connectivity index (χ0) is 22.4. The maximum atomic E-state index is 12.7. The summed E-state index contributed by atoms with van der Waals surface area (Å²) in [5, 5.41) is 1.01. The number of benzene rings is 2. The average Bonchev–Trinajstić information content (AvgIpc) is 3.12. The second kappa shape index (κ2) is 7.79. The number of nitrogens with zero attached hydrogens (tertiary/aromatic N) is 2. The molecule has 5 heteroatoms. The van der Waals surface area contributed by atoms with Gasteiger partial charge in [-0.15, -0.1) is 11.3 Å². The number of rotatable bonds is 2. The van der Waals surface area contributed by atoms with E-state index in [0.717, 1.165) is 21.1 Å². The van der Waals surface area contributed by atoms with E-state index in [4.69, 9.17) is 9.72 Å². The third kappa shape index (κ3) is 4.38. The van der Waals surface area contributed by atoms with Crippen molar-refractivity contribution in [1.29, 1.82) is 0 Å². The Balaban J connectivity index is 1.70. The first kappa shape index (κ1) is 21.6. The van der Waals surface area contributed by atoms with Gasteiger partial charge in [0.25, 0.3) is 0 Å². The minimum Gasteiger partial charge on any atom is -0.444 e. The Kier molecular flexibility index (Phi) is 5.42. The lowest BCUT2D eigenvalue weighted by atomic mass is 9.85. The summed E-state index contributed by atoms with van der Waals surface area (Å²) in [7, 11) is 0. The molecule has 0 N–H and O–H groups in total. The van der Waals surface area contributed by atoms with Gasteiger partial charge >= 0.3 is 6.09 Å². The molecule has 4 rings (SSSR count). The highest BCUT2D eigenvalue weighted by Crippen LogP contribution is 2.41. The number of carbonyl (C=O) groups is 1. The van der Waals surface area contributed by atoms with Crippen molar-refractivity contribution in [2.24, 2.45) is 0 Å². The summed E-state index contributed by atoms with van der Waals surface area (Å²) in [5.41, 5.74) is 5.17. The van der Waals surface area contributed by atoms with Gasteiger partial charge in [0.15, 0.2) is 0 Å². The van der Waals surface area contributed by atoms with Crippen LogP contribution in [0.4, 0.5) is 4.79 Å². The first-order valence-electron chi connectivity index (χ1n) is 10.7. The van der Waals surface area contributed by atoms with Crippen molar-refractivity contribution in [3.8, 4) is 21.7 Å². The molecule has 1 aliphatic rings. The molecule has 1 amide bonds. The van der Waals surface area contributed by atoms with E-state index in [2.05, 4.69) is 63.2 Å². The predicted molar refractivity (Wildman–Crippen MR) is 127 cm³/mol. The van der Waals surface area contributed by atoms with E-state index in [9.17, 15) is 4.79 Å². The van der Waals surface area contributed by atoms with Crippen molar-refractivity contribution >= 4 is 17.4 Å². The normalized spacial score (nSPS) is 15.5. The van der Waals surface area contributed by atoms with Gasteiger partial charge in [0.05, 0.1) is 12.2 Å². The second-order valence-corrected chi connectivity index (χ2v) is 10.9. The van der Waals surface area contributed by atoms with Crippen LogP contribution >= 0.6 is 11.3 Å². The Labute approximate surface area is 188 Å². The van der Waals surface area contributed by atoms with Crippen LogP contribution in [0, 0.1) is 6.92 Å². The highest BCUT2D eigenvalue weighted by molar-refractivity contribution is 7.15. The highest BCUT2D eigenvalue weighted by atomic mass is 32.1. The van der Waals surface area contributed by atoms with Crippen molar-refractivity contribution in [1.82, 2.24) is 9.88 Å². The van der Waals surface area contributed by atoms with Gasteiger partial charge in [-0.1, -0.05) is 62.4 Å². The number of hydrogen-bond donors (Lipinski definition) is 0. The Morgan fingerprint density at radius 2 is 1.74 bits per heavy atom. The van der Waals surface area contributed by atoms with Crippen molar-refractivity contribution in [3.63, 3.8) is 0 Å². The molecule has 0 aliphatic carbocycles. The van der Waals surface area contributed by atoms with Gasteiger partial charge < -0.3 is 9.64 Å². The molecule has 0 saturated heterocycles. The fraction of sp³-hybridized carbons (Fsp3) is 0.385. The van der Waals surface area contributed by atoms with Gasteiger partial charge in [-0.25, -0.2) is 9.78 Å². The molecule has 31 heavy (non-hydrogen) atoms. The average molecular weight is 435 g/mol. The van der Waals surface area contributed by atoms with Gasteiger partial charge in [-0.05, 0) is 44.4 Å². The fourth-order valence-corrected chi connectivity index (χ4v) is 5.48. The first-order chi connectivity index (χ1) is 14.5. The molecule has 162 valence electrons. The van der Waals surface area contributed by atoms with Crippen LogP contribution in [0.25, 0.3) is 21.7 Å². The van der Waals surface area contributed by atoms with E-state index in [1.165, 1.54) is 16.7 Å². The minimum absolute atomic E-state index is 0.232. The van der Waals surface area contributed by atoms with Crippen LogP contribution in [-0.4, -0.2) is 28.1 Å².